The number of amides is 2. The quantitative estimate of drug-likeness (QED) is 0.668. The van der Waals surface area contributed by atoms with Crippen molar-refractivity contribution in [2.75, 3.05) is 24.2 Å². The summed E-state index contributed by atoms with van der Waals surface area (Å²) in [4.78, 5) is 26.8. The van der Waals surface area contributed by atoms with E-state index in [-0.39, 0.29) is 12.5 Å². The summed E-state index contributed by atoms with van der Waals surface area (Å²) in [5.41, 5.74) is 2.18. The van der Waals surface area contributed by atoms with Crippen LogP contribution in [0.15, 0.2) is 48.5 Å². The molecule has 0 fully saturated rings. The van der Waals surface area contributed by atoms with E-state index < -0.39 is 28.5 Å². The Morgan fingerprint density at radius 1 is 1.13 bits per heavy atom. The fourth-order valence-corrected chi connectivity index (χ4v) is 4.00. The fourth-order valence-electron chi connectivity index (χ4n) is 3.02. The summed E-state index contributed by atoms with van der Waals surface area (Å²) in [5, 5.41) is 2.99. The maximum atomic E-state index is 13.2. The van der Waals surface area contributed by atoms with E-state index in [9.17, 15) is 18.0 Å². The molecular formula is C21H26ClN3O4S. The van der Waals surface area contributed by atoms with Gasteiger partial charge in [-0.3, -0.25) is 13.9 Å². The normalized spacial score (nSPS) is 12.2. The zero-order valence-corrected chi connectivity index (χ0v) is 19.0. The van der Waals surface area contributed by atoms with Gasteiger partial charge in [-0.2, -0.15) is 0 Å². The number of anilines is 1. The first kappa shape index (κ1) is 23.7. The number of rotatable bonds is 8. The minimum absolute atomic E-state index is 0.174. The van der Waals surface area contributed by atoms with Crippen molar-refractivity contribution in [2.45, 2.75) is 26.4 Å². The van der Waals surface area contributed by atoms with Crippen molar-refractivity contribution in [1.29, 1.82) is 0 Å². The van der Waals surface area contributed by atoms with Gasteiger partial charge < -0.3 is 10.2 Å². The fraction of sp³-hybridized carbons (Fsp3) is 0.333. The summed E-state index contributed by atoms with van der Waals surface area (Å²) in [6.45, 7) is 3.28. The van der Waals surface area contributed by atoms with E-state index in [0.29, 0.717) is 10.7 Å². The van der Waals surface area contributed by atoms with Crippen LogP contribution in [0.2, 0.25) is 5.02 Å². The highest BCUT2D eigenvalue weighted by Crippen LogP contribution is 2.21. The van der Waals surface area contributed by atoms with E-state index in [1.54, 1.807) is 19.1 Å². The Bertz CT molecular complexity index is 1010. The average molecular weight is 452 g/mol. The molecule has 162 valence electrons. The summed E-state index contributed by atoms with van der Waals surface area (Å²) in [7, 11) is -2.26. The van der Waals surface area contributed by atoms with E-state index >= 15 is 0 Å². The molecular weight excluding hydrogens is 426 g/mol. The molecule has 7 nitrogen and oxygen atoms in total. The Hall–Kier alpha value is -2.58. The van der Waals surface area contributed by atoms with Gasteiger partial charge in [0, 0.05) is 18.6 Å². The highest BCUT2D eigenvalue weighted by atomic mass is 35.5. The van der Waals surface area contributed by atoms with Gasteiger partial charge in [-0.15, -0.1) is 0 Å². The molecule has 1 N–H and O–H groups in total. The van der Waals surface area contributed by atoms with Crippen molar-refractivity contribution in [3.8, 4) is 0 Å². The number of carbonyl (C=O) groups excluding carboxylic acids is 2. The van der Waals surface area contributed by atoms with Crippen LogP contribution < -0.4 is 9.62 Å². The second-order valence-corrected chi connectivity index (χ2v) is 9.39. The Labute approximate surface area is 182 Å². The van der Waals surface area contributed by atoms with Crippen molar-refractivity contribution in [2.24, 2.45) is 0 Å². The van der Waals surface area contributed by atoms with Crippen molar-refractivity contribution in [3.05, 3.63) is 64.7 Å². The smallest absolute Gasteiger partial charge is 0.244 e. The van der Waals surface area contributed by atoms with Gasteiger partial charge in [0.15, 0.2) is 0 Å². The number of sulfonamides is 1. The third-order valence-corrected chi connectivity index (χ3v) is 6.04. The highest BCUT2D eigenvalue weighted by Gasteiger charge is 2.29. The summed E-state index contributed by atoms with van der Waals surface area (Å²) >= 11 is 5.89. The summed E-state index contributed by atoms with van der Waals surface area (Å²) in [5.74, 6) is -0.832. The van der Waals surface area contributed by atoms with Crippen molar-refractivity contribution >= 4 is 39.1 Å². The lowest BCUT2D eigenvalue weighted by Gasteiger charge is -2.31. The number of aryl methyl sites for hydroxylation is 1. The van der Waals surface area contributed by atoms with E-state index in [0.717, 1.165) is 21.7 Å². The first-order chi connectivity index (χ1) is 14.0. The van der Waals surface area contributed by atoms with Gasteiger partial charge in [0.25, 0.3) is 0 Å². The van der Waals surface area contributed by atoms with Gasteiger partial charge in [0.2, 0.25) is 21.8 Å². The SMILES string of the molecule is CNC(=O)[C@@H](C)N(Cc1cccc(C)c1)C(=O)CN(c1ccc(Cl)cc1)S(C)(=O)=O. The second kappa shape index (κ2) is 9.95. The van der Waals surface area contributed by atoms with Crippen LogP contribution in [-0.4, -0.2) is 51.0 Å². The Morgan fingerprint density at radius 2 is 1.77 bits per heavy atom. The number of hydrogen-bond acceptors (Lipinski definition) is 4. The van der Waals surface area contributed by atoms with Crippen molar-refractivity contribution < 1.29 is 18.0 Å². The predicted molar refractivity (Wildman–Crippen MR) is 119 cm³/mol. The average Bonchev–Trinajstić information content (AvgIpc) is 2.69. The zero-order chi connectivity index (χ0) is 22.5. The minimum Gasteiger partial charge on any atom is -0.357 e. The standard InChI is InChI=1S/C21H26ClN3O4S/c1-15-6-5-7-17(12-15)13-24(16(2)21(27)23-3)20(26)14-25(30(4,28)29)19-10-8-18(22)9-11-19/h5-12,16H,13-14H2,1-4H3,(H,23,27)/t16-/m1/s1. The Morgan fingerprint density at radius 3 is 2.30 bits per heavy atom. The molecule has 1 atom stereocenters. The zero-order valence-electron chi connectivity index (χ0n) is 17.4. The van der Waals surface area contributed by atoms with Gasteiger partial charge >= 0.3 is 0 Å². The molecule has 30 heavy (non-hydrogen) atoms. The Balaban J connectivity index is 2.36. The molecule has 0 aliphatic rings. The molecule has 9 heteroatoms. The second-order valence-electron chi connectivity index (χ2n) is 7.05. The van der Waals surface area contributed by atoms with Crippen LogP contribution >= 0.6 is 11.6 Å². The van der Waals surface area contributed by atoms with Gasteiger partial charge in [0.05, 0.1) is 11.9 Å². The third-order valence-electron chi connectivity index (χ3n) is 4.64. The molecule has 0 radical (unpaired) electrons. The molecule has 0 saturated heterocycles. The van der Waals surface area contributed by atoms with Crippen molar-refractivity contribution in [1.82, 2.24) is 10.2 Å². The monoisotopic (exact) mass is 451 g/mol. The molecule has 2 rings (SSSR count). The minimum atomic E-state index is -3.75. The van der Waals surface area contributed by atoms with Crippen LogP contribution in [0.1, 0.15) is 18.1 Å². The summed E-state index contributed by atoms with van der Waals surface area (Å²) in [6.07, 6.45) is 1.03. The topological polar surface area (TPSA) is 86.8 Å². The lowest BCUT2D eigenvalue weighted by Crippen LogP contribution is -2.50. The Kier molecular flexibility index (Phi) is 7.86. The molecule has 2 aromatic rings. The van der Waals surface area contributed by atoms with Crippen LogP contribution in [-0.2, 0) is 26.2 Å². The molecule has 2 aromatic carbocycles. The molecule has 0 aromatic heterocycles. The molecule has 0 heterocycles. The molecule has 0 bridgehead atoms. The van der Waals surface area contributed by atoms with Crippen LogP contribution in [0.5, 0.6) is 0 Å². The van der Waals surface area contributed by atoms with E-state index in [1.807, 2.05) is 31.2 Å². The molecule has 0 unspecified atom stereocenters. The molecule has 2 amide bonds. The molecule has 0 saturated carbocycles. The van der Waals surface area contributed by atoms with Gasteiger partial charge in [0.1, 0.15) is 12.6 Å². The number of halogens is 1. The highest BCUT2D eigenvalue weighted by molar-refractivity contribution is 7.92. The summed E-state index contributed by atoms with van der Waals surface area (Å²) < 4.78 is 25.8. The van der Waals surface area contributed by atoms with E-state index in [4.69, 9.17) is 11.6 Å². The molecule has 0 aliphatic carbocycles. The number of likely N-dealkylation sites (N-methyl/N-ethyl adjacent to an activating group) is 1. The lowest BCUT2D eigenvalue weighted by molar-refractivity contribution is -0.139. The third kappa shape index (κ3) is 6.21. The first-order valence-electron chi connectivity index (χ1n) is 9.33. The number of hydrogen-bond donors (Lipinski definition) is 1. The summed E-state index contributed by atoms with van der Waals surface area (Å²) in [6, 6.07) is 13.0. The van der Waals surface area contributed by atoms with Crippen LogP contribution in [0.4, 0.5) is 5.69 Å². The maximum absolute atomic E-state index is 13.2. The van der Waals surface area contributed by atoms with E-state index in [2.05, 4.69) is 5.32 Å². The molecule has 0 aliphatic heterocycles. The predicted octanol–water partition coefficient (Wildman–Crippen LogP) is 2.58. The van der Waals surface area contributed by atoms with Crippen LogP contribution in [0.3, 0.4) is 0 Å². The largest absolute Gasteiger partial charge is 0.357 e. The van der Waals surface area contributed by atoms with Crippen LogP contribution in [0.25, 0.3) is 0 Å². The van der Waals surface area contributed by atoms with Gasteiger partial charge in [-0.1, -0.05) is 41.4 Å². The van der Waals surface area contributed by atoms with Gasteiger partial charge in [-0.05, 0) is 43.7 Å². The lowest BCUT2D eigenvalue weighted by atomic mass is 10.1. The number of nitrogens with zero attached hydrogens (tertiary/aromatic N) is 2. The number of benzene rings is 2. The maximum Gasteiger partial charge on any atom is 0.244 e. The van der Waals surface area contributed by atoms with Gasteiger partial charge in [-0.25, -0.2) is 8.42 Å². The number of carbonyl (C=O) groups is 2. The molecule has 0 spiro atoms. The first-order valence-corrected chi connectivity index (χ1v) is 11.6. The number of nitrogens with one attached hydrogen (secondary N) is 1. The van der Waals surface area contributed by atoms with E-state index in [1.165, 1.54) is 24.1 Å². The van der Waals surface area contributed by atoms with Crippen LogP contribution in [0, 0.1) is 6.92 Å². The van der Waals surface area contributed by atoms with Crippen molar-refractivity contribution in [3.63, 3.8) is 0 Å².